The maximum atomic E-state index is 5.17. The van der Waals surface area contributed by atoms with Crippen molar-refractivity contribution in [2.24, 2.45) is 0 Å². The van der Waals surface area contributed by atoms with Crippen molar-refractivity contribution in [2.45, 2.75) is 309 Å². The highest BCUT2D eigenvalue weighted by Gasteiger charge is 2.41. The van der Waals surface area contributed by atoms with E-state index >= 15 is 0 Å². The van der Waals surface area contributed by atoms with Gasteiger partial charge in [0.2, 0.25) is 0 Å². The van der Waals surface area contributed by atoms with Gasteiger partial charge in [0, 0.05) is 0 Å². The quantitative estimate of drug-likeness (QED) is 0.0483. The molecule has 0 aromatic heterocycles. The molecule has 0 atom stereocenters. The summed E-state index contributed by atoms with van der Waals surface area (Å²) >= 11 is 0. The minimum Gasteiger partial charge on any atom is -0.359 e. The topological polar surface area (TPSA) is 12.0 Å². The summed E-state index contributed by atoms with van der Waals surface area (Å²) in [5.74, 6) is 0. The predicted molar refractivity (Wildman–Crippen MR) is 244 cm³/mol. The van der Waals surface area contributed by atoms with Gasteiger partial charge in [0.15, 0.2) is 0 Å². The van der Waals surface area contributed by atoms with Crippen LogP contribution in [0, 0.1) is 0 Å². The second kappa shape index (κ2) is 40.1. The Hall–Kier alpha value is 0.394. The van der Waals surface area contributed by atoms with Gasteiger partial charge < -0.3 is 4.65 Å². The zero-order valence-corrected chi connectivity index (χ0v) is 39.2. The number of unbranched alkanes of at least 4 members (excludes halogenated alkanes) is 30. The van der Waals surface area contributed by atoms with Crippen LogP contribution in [-0.2, 0) is 0 Å². The van der Waals surface area contributed by atoms with Crippen molar-refractivity contribution in [1.82, 2.24) is 4.65 Å². The number of nitrogens with one attached hydrogen (secondary N) is 1. The lowest BCUT2D eigenvalue weighted by molar-refractivity contribution is 0.598. The van der Waals surface area contributed by atoms with E-state index in [1.54, 1.807) is 36.3 Å². The van der Waals surface area contributed by atoms with Crippen molar-refractivity contribution in [2.75, 3.05) is 0 Å². The molecule has 0 aromatic carbocycles. The molecule has 1 N–H and O–H groups in total. The summed E-state index contributed by atoms with van der Waals surface area (Å²) < 4.78 is 5.17. The Kier molecular flexibility index (Phi) is 40.4. The van der Waals surface area contributed by atoms with E-state index in [1.807, 2.05) is 0 Å². The van der Waals surface area contributed by atoms with E-state index in [0.29, 0.717) is 0 Å². The molecule has 0 aromatic rings. The third kappa shape index (κ3) is 32.4. The summed E-state index contributed by atoms with van der Waals surface area (Å²) in [6.45, 7) is 14.3. The van der Waals surface area contributed by atoms with Crippen LogP contribution in [0.15, 0.2) is 0 Å². The van der Waals surface area contributed by atoms with Crippen LogP contribution in [0.5, 0.6) is 0 Å². The molecule has 0 saturated carbocycles. The van der Waals surface area contributed by atoms with Crippen LogP contribution < -0.4 is 4.65 Å². The van der Waals surface area contributed by atoms with Crippen LogP contribution in [0.4, 0.5) is 0 Å². The Morgan fingerprint density at radius 3 is 0.490 bits per heavy atom. The molecular weight excluding hydrogens is 647 g/mol. The number of hydrogen-bond acceptors (Lipinski definition) is 1. The van der Waals surface area contributed by atoms with Gasteiger partial charge in [-0.05, 0) is 36.3 Å². The van der Waals surface area contributed by atoms with Gasteiger partial charge in [-0.3, -0.25) is 0 Å². The number of hydrogen-bond donors (Lipinski definition) is 1. The van der Waals surface area contributed by atoms with E-state index in [-0.39, 0.29) is 0 Å². The lowest BCUT2D eigenvalue weighted by Gasteiger charge is -2.45. The average Bonchev–Trinajstić information content (AvgIpc) is 3.13. The lowest BCUT2D eigenvalue weighted by atomic mass is 10.1. The van der Waals surface area contributed by atoms with Gasteiger partial charge in [0.25, 0.3) is 0 Å². The third-order valence-electron chi connectivity index (χ3n) is 12.6. The molecule has 0 radical (unpaired) electrons. The first-order chi connectivity index (χ1) is 25.1. The van der Waals surface area contributed by atoms with Crippen LogP contribution in [0.2, 0.25) is 36.3 Å². The minimum absolute atomic E-state index is 1.37. The fourth-order valence-electron chi connectivity index (χ4n) is 9.15. The molecule has 0 aliphatic rings. The van der Waals surface area contributed by atoms with Crippen molar-refractivity contribution in [3.05, 3.63) is 0 Å². The van der Waals surface area contributed by atoms with E-state index in [4.69, 9.17) is 4.65 Å². The molecule has 0 aliphatic carbocycles. The van der Waals surface area contributed by atoms with E-state index < -0.39 is 16.5 Å². The van der Waals surface area contributed by atoms with Crippen molar-refractivity contribution in [3.63, 3.8) is 0 Å². The summed E-state index contributed by atoms with van der Waals surface area (Å²) in [6, 6.07) is 9.67. The first-order valence-corrected chi connectivity index (χ1v) is 30.1. The fourth-order valence-corrected chi connectivity index (χ4v) is 23.7. The normalized spacial score (nSPS) is 12.4. The van der Waals surface area contributed by atoms with E-state index in [2.05, 4.69) is 41.5 Å². The van der Waals surface area contributed by atoms with Gasteiger partial charge in [-0.15, -0.1) is 0 Å². The Morgan fingerprint density at radius 1 is 0.196 bits per heavy atom. The summed E-state index contributed by atoms with van der Waals surface area (Å²) in [5.41, 5.74) is 0. The lowest BCUT2D eigenvalue weighted by Crippen LogP contribution is -2.64. The molecule has 0 bridgehead atoms. The standard InChI is InChI=1S/C48H103NSi2/c1-7-13-19-25-31-37-43-50(44-38-32-26-20-14-8-2,45-39-33-27-21-15-9-3)49-51(46-40-34-28-22-16-10-4,47-41-35-29-23-17-11-5)48-42-36-30-24-18-12-6/h49H,7-48H2,1-6H3. The molecule has 3 heteroatoms. The maximum absolute atomic E-state index is 5.17. The van der Waals surface area contributed by atoms with Crippen molar-refractivity contribution >= 4 is 16.5 Å². The zero-order chi connectivity index (χ0) is 37.4. The molecule has 0 rings (SSSR count). The van der Waals surface area contributed by atoms with Crippen LogP contribution in [0.3, 0.4) is 0 Å². The zero-order valence-electron chi connectivity index (χ0n) is 37.2. The van der Waals surface area contributed by atoms with E-state index in [9.17, 15) is 0 Å². The maximum Gasteiger partial charge on any atom is 0.119 e. The minimum atomic E-state index is -1.57. The highest BCUT2D eigenvalue weighted by molar-refractivity contribution is 6.93. The number of rotatable bonds is 44. The summed E-state index contributed by atoms with van der Waals surface area (Å²) in [7, 11) is -3.14. The van der Waals surface area contributed by atoms with Gasteiger partial charge >= 0.3 is 0 Å². The van der Waals surface area contributed by atoms with Crippen molar-refractivity contribution < 1.29 is 0 Å². The first kappa shape index (κ1) is 51.4. The van der Waals surface area contributed by atoms with E-state index in [1.165, 1.54) is 231 Å². The van der Waals surface area contributed by atoms with Gasteiger partial charge in [-0.25, -0.2) is 0 Å². The van der Waals surface area contributed by atoms with Gasteiger partial charge in [0.05, 0.1) is 0 Å². The second-order valence-corrected chi connectivity index (χ2v) is 26.9. The molecule has 0 aliphatic heterocycles. The van der Waals surface area contributed by atoms with Gasteiger partial charge in [-0.2, -0.15) is 0 Å². The molecule has 0 amide bonds. The fraction of sp³-hybridized carbons (Fsp3) is 1.00. The van der Waals surface area contributed by atoms with E-state index in [0.717, 1.165) is 0 Å². The van der Waals surface area contributed by atoms with Crippen molar-refractivity contribution in [1.29, 1.82) is 0 Å². The third-order valence-corrected chi connectivity index (χ3v) is 24.7. The van der Waals surface area contributed by atoms with Gasteiger partial charge in [0.1, 0.15) is 16.5 Å². The Labute approximate surface area is 328 Å². The van der Waals surface area contributed by atoms with Crippen LogP contribution >= 0.6 is 0 Å². The Balaban J connectivity index is 6.35. The molecule has 0 fully saturated rings. The molecule has 51 heavy (non-hydrogen) atoms. The second-order valence-electron chi connectivity index (χ2n) is 17.8. The smallest absolute Gasteiger partial charge is 0.119 e. The predicted octanol–water partition coefficient (Wildman–Crippen LogP) is 18.6. The largest absolute Gasteiger partial charge is 0.359 e. The van der Waals surface area contributed by atoms with Crippen molar-refractivity contribution in [3.8, 4) is 0 Å². The first-order valence-electron chi connectivity index (χ1n) is 24.9. The van der Waals surface area contributed by atoms with Crippen LogP contribution in [-0.4, -0.2) is 16.5 Å². The molecule has 1 nitrogen and oxygen atoms in total. The van der Waals surface area contributed by atoms with Crippen LogP contribution in [0.1, 0.15) is 273 Å². The van der Waals surface area contributed by atoms with Gasteiger partial charge in [-0.1, -0.05) is 273 Å². The average molecular weight is 751 g/mol. The Morgan fingerprint density at radius 2 is 0.333 bits per heavy atom. The SMILES string of the molecule is CCCCCCCC[Si](CCCCCCCC)(CCCCCCCC)N[Si](CCCCCCCC)(CCCCCCCC)CCCCCCCC. The Bertz CT molecular complexity index is 516. The molecule has 0 spiro atoms. The monoisotopic (exact) mass is 750 g/mol. The highest BCUT2D eigenvalue weighted by atomic mass is 28.4. The molecule has 0 saturated heterocycles. The molecule has 0 heterocycles. The molecule has 0 unspecified atom stereocenters. The molecular formula is C48H103NSi2. The molecule has 308 valence electrons. The van der Waals surface area contributed by atoms with Crippen LogP contribution in [0.25, 0.3) is 0 Å². The summed E-state index contributed by atoms with van der Waals surface area (Å²) in [4.78, 5) is 0. The highest BCUT2D eigenvalue weighted by Crippen LogP contribution is 2.35. The summed E-state index contributed by atoms with van der Waals surface area (Å²) in [6.07, 6.45) is 52.9. The summed E-state index contributed by atoms with van der Waals surface area (Å²) in [5, 5.41) is 0.